The number of rotatable bonds is 4. The molecule has 2 aliphatic carbocycles. The van der Waals surface area contributed by atoms with Crippen LogP contribution in [0.1, 0.15) is 71.1 Å². The van der Waals surface area contributed by atoms with Crippen LogP contribution in [-0.2, 0) is 4.79 Å². The highest BCUT2D eigenvalue weighted by Gasteiger charge is 2.43. The van der Waals surface area contributed by atoms with Crippen LogP contribution in [-0.4, -0.2) is 18.0 Å². The van der Waals surface area contributed by atoms with Gasteiger partial charge in [0, 0.05) is 12.1 Å². The summed E-state index contributed by atoms with van der Waals surface area (Å²) >= 11 is 0. The van der Waals surface area contributed by atoms with E-state index in [0.717, 1.165) is 44.9 Å². The second-order valence-corrected chi connectivity index (χ2v) is 6.34. The molecule has 1 amide bonds. The van der Waals surface area contributed by atoms with Gasteiger partial charge < -0.3 is 11.1 Å². The standard InChI is InChI=1S/C15H28N2O/c1-2-15(10-7-11-15)17-13(18)14(12-16)8-5-3-4-6-9-14/h2-12,16H2,1H3,(H,17,18). The molecular formula is C15H28N2O. The van der Waals surface area contributed by atoms with Crippen LogP contribution < -0.4 is 11.1 Å². The molecule has 0 saturated heterocycles. The third-order valence-electron chi connectivity index (χ3n) is 5.30. The lowest BCUT2D eigenvalue weighted by molar-refractivity contribution is -0.134. The average molecular weight is 252 g/mol. The maximum absolute atomic E-state index is 12.7. The van der Waals surface area contributed by atoms with E-state index < -0.39 is 0 Å². The zero-order valence-electron chi connectivity index (χ0n) is 11.8. The van der Waals surface area contributed by atoms with Gasteiger partial charge in [-0.25, -0.2) is 0 Å². The topological polar surface area (TPSA) is 55.1 Å². The lowest BCUT2D eigenvalue weighted by Gasteiger charge is -2.44. The van der Waals surface area contributed by atoms with Crippen molar-refractivity contribution in [1.29, 1.82) is 0 Å². The third kappa shape index (κ3) is 2.56. The second-order valence-electron chi connectivity index (χ2n) is 6.34. The Bertz CT molecular complexity index is 283. The van der Waals surface area contributed by atoms with E-state index in [1.165, 1.54) is 19.3 Å². The quantitative estimate of drug-likeness (QED) is 0.756. The molecule has 0 aromatic carbocycles. The van der Waals surface area contributed by atoms with Gasteiger partial charge in [0.05, 0.1) is 5.41 Å². The highest BCUT2D eigenvalue weighted by Crippen LogP contribution is 2.39. The van der Waals surface area contributed by atoms with Gasteiger partial charge in [-0.2, -0.15) is 0 Å². The predicted octanol–water partition coefficient (Wildman–Crippen LogP) is 2.73. The Balaban J connectivity index is 2.04. The molecular weight excluding hydrogens is 224 g/mol. The van der Waals surface area contributed by atoms with Gasteiger partial charge in [0.1, 0.15) is 0 Å². The Kier molecular flexibility index (Phi) is 4.31. The molecule has 104 valence electrons. The van der Waals surface area contributed by atoms with Crippen molar-refractivity contribution in [3.05, 3.63) is 0 Å². The first kappa shape index (κ1) is 13.9. The van der Waals surface area contributed by atoms with Crippen molar-refractivity contribution in [2.24, 2.45) is 11.1 Å². The van der Waals surface area contributed by atoms with E-state index >= 15 is 0 Å². The number of nitrogens with one attached hydrogen (secondary N) is 1. The fourth-order valence-electron chi connectivity index (χ4n) is 3.47. The summed E-state index contributed by atoms with van der Waals surface area (Å²) in [7, 11) is 0. The van der Waals surface area contributed by atoms with E-state index in [1.807, 2.05) is 0 Å². The smallest absolute Gasteiger partial charge is 0.227 e. The number of amides is 1. The van der Waals surface area contributed by atoms with Gasteiger partial charge in [0.15, 0.2) is 0 Å². The zero-order chi connectivity index (χ0) is 13.1. The van der Waals surface area contributed by atoms with Crippen LogP contribution in [0.15, 0.2) is 0 Å². The first-order chi connectivity index (χ1) is 8.66. The summed E-state index contributed by atoms with van der Waals surface area (Å²) in [5.74, 6) is 0.244. The van der Waals surface area contributed by atoms with Crippen molar-refractivity contribution in [3.8, 4) is 0 Å². The maximum atomic E-state index is 12.7. The largest absolute Gasteiger partial charge is 0.350 e. The van der Waals surface area contributed by atoms with Gasteiger partial charge in [-0.15, -0.1) is 0 Å². The molecule has 0 heterocycles. The maximum Gasteiger partial charge on any atom is 0.227 e. The molecule has 0 aliphatic heterocycles. The summed E-state index contributed by atoms with van der Waals surface area (Å²) in [5, 5.41) is 3.35. The third-order valence-corrected chi connectivity index (χ3v) is 5.30. The fraction of sp³-hybridized carbons (Fsp3) is 0.933. The van der Waals surface area contributed by atoms with Crippen molar-refractivity contribution >= 4 is 5.91 Å². The van der Waals surface area contributed by atoms with Crippen LogP contribution in [0.3, 0.4) is 0 Å². The van der Waals surface area contributed by atoms with E-state index in [2.05, 4.69) is 12.2 Å². The summed E-state index contributed by atoms with van der Waals surface area (Å²) in [5.41, 5.74) is 5.80. The molecule has 2 saturated carbocycles. The van der Waals surface area contributed by atoms with Crippen LogP contribution in [0, 0.1) is 5.41 Å². The molecule has 2 rings (SSSR count). The molecule has 0 aromatic rings. The first-order valence-corrected chi connectivity index (χ1v) is 7.69. The van der Waals surface area contributed by atoms with Gasteiger partial charge in [-0.1, -0.05) is 32.6 Å². The highest BCUT2D eigenvalue weighted by atomic mass is 16.2. The minimum Gasteiger partial charge on any atom is -0.350 e. The van der Waals surface area contributed by atoms with Crippen molar-refractivity contribution < 1.29 is 4.79 Å². The van der Waals surface area contributed by atoms with E-state index in [-0.39, 0.29) is 16.9 Å². The molecule has 2 aliphatic rings. The summed E-state index contributed by atoms with van der Waals surface area (Å²) in [4.78, 5) is 12.7. The highest BCUT2D eigenvalue weighted by molar-refractivity contribution is 5.83. The van der Waals surface area contributed by atoms with Crippen molar-refractivity contribution in [3.63, 3.8) is 0 Å². The Morgan fingerprint density at radius 3 is 2.06 bits per heavy atom. The van der Waals surface area contributed by atoms with Gasteiger partial charge >= 0.3 is 0 Å². The lowest BCUT2D eigenvalue weighted by Crippen LogP contribution is -2.58. The molecule has 0 aromatic heterocycles. The summed E-state index contributed by atoms with van der Waals surface area (Å²) in [6.07, 6.45) is 11.4. The van der Waals surface area contributed by atoms with Crippen LogP contribution in [0.2, 0.25) is 0 Å². The van der Waals surface area contributed by atoms with Gasteiger partial charge in [0.2, 0.25) is 5.91 Å². The monoisotopic (exact) mass is 252 g/mol. The number of carbonyl (C=O) groups excluding carboxylic acids is 1. The molecule has 0 radical (unpaired) electrons. The fourth-order valence-corrected chi connectivity index (χ4v) is 3.47. The number of carbonyl (C=O) groups is 1. The molecule has 3 N–H and O–H groups in total. The van der Waals surface area contributed by atoms with Crippen LogP contribution >= 0.6 is 0 Å². The molecule has 0 atom stereocenters. The molecule has 3 nitrogen and oxygen atoms in total. The second kappa shape index (κ2) is 5.60. The lowest BCUT2D eigenvalue weighted by atomic mass is 9.72. The van der Waals surface area contributed by atoms with Crippen molar-refractivity contribution in [2.45, 2.75) is 76.7 Å². The molecule has 0 bridgehead atoms. The van der Waals surface area contributed by atoms with E-state index in [0.29, 0.717) is 6.54 Å². The van der Waals surface area contributed by atoms with Crippen molar-refractivity contribution in [1.82, 2.24) is 5.32 Å². The zero-order valence-corrected chi connectivity index (χ0v) is 11.8. The molecule has 2 fully saturated rings. The summed E-state index contributed by atoms with van der Waals surface area (Å²) in [6.45, 7) is 2.69. The number of nitrogens with two attached hydrogens (primary N) is 1. The predicted molar refractivity (Wildman–Crippen MR) is 74.2 cm³/mol. The Morgan fingerprint density at radius 2 is 1.67 bits per heavy atom. The summed E-state index contributed by atoms with van der Waals surface area (Å²) in [6, 6.07) is 0. The number of hydrogen-bond donors (Lipinski definition) is 2. The normalized spacial score (nSPS) is 25.9. The molecule has 3 heteroatoms. The van der Waals surface area contributed by atoms with Gasteiger partial charge in [0.25, 0.3) is 0 Å². The Hall–Kier alpha value is -0.570. The van der Waals surface area contributed by atoms with E-state index in [9.17, 15) is 4.79 Å². The first-order valence-electron chi connectivity index (χ1n) is 7.69. The number of hydrogen-bond acceptors (Lipinski definition) is 2. The van der Waals surface area contributed by atoms with Crippen LogP contribution in [0.5, 0.6) is 0 Å². The van der Waals surface area contributed by atoms with E-state index in [4.69, 9.17) is 5.73 Å². The van der Waals surface area contributed by atoms with Gasteiger partial charge in [-0.3, -0.25) is 4.79 Å². The Morgan fingerprint density at radius 1 is 1.06 bits per heavy atom. The minimum absolute atomic E-state index is 0.103. The molecule has 0 unspecified atom stereocenters. The summed E-state index contributed by atoms with van der Waals surface area (Å²) < 4.78 is 0. The minimum atomic E-state index is -0.270. The SMILES string of the molecule is CCC1(NC(=O)C2(CN)CCCCCC2)CCC1. The van der Waals surface area contributed by atoms with E-state index in [1.54, 1.807) is 0 Å². The molecule has 18 heavy (non-hydrogen) atoms. The van der Waals surface area contributed by atoms with Crippen LogP contribution in [0.25, 0.3) is 0 Å². The van der Waals surface area contributed by atoms with Crippen molar-refractivity contribution in [2.75, 3.05) is 6.54 Å². The average Bonchev–Trinajstić information content (AvgIpc) is 2.59. The van der Waals surface area contributed by atoms with Gasteiger partial charge in [-0.05, 0) is 38.5 Å². The molecule has 0 spiro atoms. The Labute approximate surface area is 111 Å². The van der Waals surface area contributed by atoms with Crippen LogP contribution in [0.4, 0.5) is 0 Å².